The predicted molar refractivity (Wildman–Crippen MR) is 77.2 cm³/mol. The van der Waals surface area contributed by atoms with Gasteiger partial charge in [0.15, 0.2) is 0 Å². The van der Waals surface area contributed by atoms with Crippen LogP contribution in [0.15, 0.2) is 12.3 Å². The number of nitrogens with zero attached hydrogens (tertiary/aromatic N) is 2. The average Bonchev–Trinajstić information content (AvgIpc) is 2.86. The predicted octanol–water partition coefficient (Wildman–Crippen LogP) is 2.29. The Morgan fingerprint density at radius 1 is 1.37 bits per heavy atom. The van der Waals surface area contributed by atoms with Crippen molar-refractivity contribution in [3.63, 3.8) is 0 Å². The first kappa shape index (κ1) is 14.5. The second-order valence-corrected chi connectivity index (χ2v) is 6.00. The van der Waals surface area contributed by atoms with Gasteiger partial charge in [0, 0.05) is 25.2 Å². The summed E-state index contributed by atoms with van der Waals surface area (Å²) in [5.74, 6) is 0. The van der Waals surface area contributed by atoms with Crippen molar-refractivity contribution in [2.24, 2.45) is 0 Å². The molecule has 0 spiro atoms. The van der Waals surface area contributed by atoms with Crippen LogP contribution in [0.3, 0.4) is 0 Å². The molecule has 1 aromatic rings. The van der Waals surface area contributed by atoms with Crippen molar-refractivity contribution < 1.29 is 5.11 Å². The molecule has 0 radical (unpaired) electrons. The molecule has 0 aromatic carbocycles. The van der Waals surface area contributed by atoms with Gasteiger partial charge in [-0.2, -0.15) is 5.10 Å². The fourth-order valence-electron chi connectivity index (χ4n) is 2.72. The molecule has 0 aliphatic heterocycles. The van der Waals surface area contributed by atoms with Crippen LogP contribution in [0.1, 0.15) is 57.7 Å². The summed E-state index contributed by atoms with van der Waals surface area (Å²) in [5.41, 5.74) is 1.00. The van der Waals surface area contributed by atoms with Crippen LogP contribution < -0.4 is 5.32 Å². The Morgan fingerprint density at radius 3 is 2.79 bits per heavy atom. The Morgan fingerprint density at radius 2 is 2.11 bits per heavy atom. The quantitative estimate of drug-likeness (QED) is 0.829. The summed E-state index contributed by atoms with van der Waals surface area (Å²) in [6.07, 6.45) is 8.87. The average molecular weight is 265 g/mol. The lowest BCUT2D eigenvalue weighted by Crippen LogP contribution is -2.33. The molecular weight excluding hydrogens is 238 g/mol. The van der Waals surface area contributed by atoms with Crippen LogP contribution in [-0.2, 0) is 6.42 Å². The molecular formula is C15H27N3O. The lowest BCUT2D eigenvalue weighted by atomic mass is 9.96. The highest BCUT2D eigenvalue weighted by atomic mass is 16.3. The molecule has 1 heterocycles. The maximum absolute atomic E-state index is 9.96. The summed E-state index contributed by atoms with van der Waals surface area (Å²) in [6, 6.07) is 3.04. The second-order valence-electron chi connectivity index (χ2n) is 6.00. The van der Waals surface area contributed by atoms with E-state index >= 15 is 0 Å². The topological polar surface area (TPSA) is 50.1 Å². The van der Waals surface area contributed by atoms with Gasteiger partial charge in [0.1, 0.15) is 0 Å². The van der Waals surface area contributed by atoms with Gasteiger partial charge in [0.05, 0.1) is 17.8 Å². The van der Waals surface area contributed by atoms with E-state index in [9.17, 15) is 5.11 Å². The maximum atomic E-state index is 9.96. The summed E-state index contributed by atoms with van der Waals surface area (Å²) in [4.78, 5) is 0. The summed E-state index contributed by atoms with van der Waals surface area (Å²) < 4.78 is 2.11. The molecule has 108 valence electrons. The summed E-state index contributed by atoms with van der Waals surface area (Å²) in [6.45, 7) is 4.81. The van der Waals surface area contributed by atoms with Crippen molar-refractivity contribution in [3.8, 4) is 0 Å². The Hall–Kier alpha value is -0.870. The van der Waals surface area contributed by atoms with Crippen LogP contribution in [0, 0.1) is 0 Å². The first-order valence-electron chi connectivity index (χ1n) is 7.60. The van der Waals surface area contributed by atoms with Crippen LogP contribution in [0.5, 0.6) is 0 Å². The number of aromatic nitrogens is 2. The zero-order chi connectivity index (χ0) is 13.7. The normalized spacial score (nSPS) is 18.9. The fourth-order valence-corrected chi connectivity index (χ4v) is 2.72. The van der Waals surface area contributed by atoms with Crippen LogP contribution in [-0.4, -0.2) is 33.6 Å². The van der Waals surface area contributed by atoms with Gasteiger partial charge in [0.2, 0.25) is 0 Å². The van der Waals surface area contributed by atoms with E-state index in [2.05, 4.69) is 35.1 Å². The third-order valence-electron chi connectivity index (χ3n) is 3.82. The molecule has 19 heavy (non-hydrogen) atoms. The van der Waals surface area contributed by atoms with E-state index in [4.69, 9.17) is 0 Å². The Balaban J connectivity index is 1.82. The molecule has 1 saturated carbocycles. The highest BCUT2D eigenvalue weighted by Crippen LogP contribution is 2.27. The largest absolute Gasteiger partial charge is 0.391 e. The minimum absolute atomic E-state index is 0.350. The molecule has 0 saturated heterocycles. The molecule has 0 bridgehead atoms. The molecule has 1 aliphatic carbocycles. The number of aliphatic hydroxyl groups excluding tert-OH is 1. The van der Waals surface area contributed by atoms with Crippen LogP contribution in [0.2, 0.25) is 0 Å². The standard InChI is InChI=1S/C15H27N3O/c1-12(2)16-11-15(19)10-13-8-9-18(17-13)14-6-4-3-5-7-14/h8-9,12,14-16,19H,3-7,10-11H2,1-2H3. The highest BCUT2D eigenvalue weighted by molar-refractivity contribution is 5.02. The third-order valence-corrected chi connectivity index (χ3v) is 3.82. The molecule has 2 N–H and O–H groups in total. The SMILES string of the molecule is CC(C)NCC(O)Cc1ccn(C2CCCCC2)n1. The molecule has 1 atom stereocenters. The van der Waals surface area contributed by atoms with Crippen LogP contribution in [0.4, 0.5) is 0 Å². The first-order valence-corrected chi connectivity index (χ1v) is 7.60. The number of aliphatic hydroxyl groups is 1. The van der Waals surface area contributed by atoms with Crippen LogP contribution in [0.25, 0.3) is 0 Å². The van der Waals surface area contributed by atoms with Gasteiger partial charge in [-0.15, -0.1) is 0 Å². The highest BCUT2D eigenvalue weighted by Gasteiger charge is 2.16. The van der Waals surface area contributed by atoms with Crippen molar-refractivity contribution in [2.45, 2.75) is 70.6 Å². The number of nitrogens with one attached hydrogen (secondary N) is 1. The molecule has 1 aliphatic rings. The monoisotopic (exact) mass is 265 g/mol. The van der Waals surface area contributed by atoms with Crippen molar-refractivity contribution >= 4 is 0 Å². The zero-order valence-corrected chi connectivity index (χ0v) is 12.2. The van der Waals surface area contributed by atoms with E-state index in [1.807, 2.05) is 6.07 Å². The number of hydrogen-bond donors (Lipinski definition) is 2. The third kappa shape index (κ3) is 4.62. The molecule has 4 heteroatoms. The van der Waals surface area contributed by atoms with Gasteiger partial charge in [-0.1, -0.05) is 33.1 Å². The first-order chi connectivity index (χ1) is 9.15. The lowest BCUT2D eigenvalue weighted by Gasteiger charge is -2.21. The summed E-state index contributed by atoms with van der Waals surface area (Å²) in [5, 5.41) is 17.8. The molecule has 2 rings (SSSR count). The van der Waals surface area contributed by atoms with Crippen molar-refractivity contribution in [2.75, 3.05) is 6.54 Å². The van der Waals surface area contributed by atoms with E-state index in [-0.39, 0.29) is 6.10 Å². The summed E-state index contributed by atoms with van der Waals surface area (Å²) >= 11 is 0. The molecule has 1 unspecified atom stereocenters. The fraction of sp³-hybridized carbons (Fsp3) is 0.800. The van der Waals surface area contributed by atoms with Crippen molar-refractivity contribution in [1.29, 1.82) is 0 Å². The zero-order valence-electron chi connectivity index (χ0n) is 12.2. The number of hydrogen-bond acceptors (Lipinski definition) is 3. The van der Waals surface area contributed by atoms with E-state index in [0.717, 1.165) is 5.69 Å². The van der Waals surface area contributed by atoms with E-state index in [1.165, 1.54) is 32.1 Å². The Bertz CT molecular complexity index is 369. The van der Waals surface area contributed by atoms with Crippen molar-refractivity contribution in [3.05, 3.63) is 18.0 Å². The molecule has 4 nitrogen and oxygen atoms in total. The van der Waals surface area contributed by atoms with Gasteiger partial charge >= 0.3 is 0 Å². The van der Waals surface area contributed by atoms with E-state index in [0.29, 0.717) is 25.0 Å². The number of rotatable bonds is 6. The minimum Gasteiger partial charge on any atom is -0.391 e. The molecule has 1 aromatic heterocycles. The van der Waals surface area contributed by atoms with Crippen LogP contribution >= 0.6 is 0 Å². The van der Waals surface area contributed by atoms with Gasteiger partial charge in [-0.05, 0) is 18.9 Å². The Labute approximate surface area is 116 Å². The summed E-state index contributed by atoms with van der Waals surface area (Å²) in [7, 11) is 0. The van der Waals surface area contributed by atoms with E-state index in [1.54, 1.807) is 0 Å². The smallest absolute Gasteiger partial charge is 0.0720 e. The van der Waals surface area contributed by atoms with Gasteiger partial charge < -0.3 is 10.4 Å². The molecule has 1 fully saturated rings. The minimum atomic E-state index is -0.350. The maximum Gasteiger partial charge on any atom is 0.0720 e. The lowest BCUT2D eigenvalue weighted by molar-refractivity contribution is 0.167. The second kappa shape index (κ2) is 7.06. The molecule has 0 amide bonds. The van der Waals surface area contributed by atoms with Gasteiger partial charge in [0.25, 0.3) is 0 Å². The van der Waals surface area contributed by atoms with Crippen molar-refractivity contribution in [1.82, 2.24) is 15.1 Å². The van der Waals surface area contributed by atoms with Gasteiger partial charge in [-0.3, -0.25) is 4.68 Å². The van der Waals surface area contributed by atoms with Gasteiger partial charge in [-0.25, -0.2) is 0 Å². The van der Waals surface area contributed by atoms with E-state index < -0.39 is 0 Å². The Kier molecular flexibility index (Phi) is 5.40.